The molecule has 17 heavy (non-hydrogen) atoms. The number of carbonyl (C=O) groups is 1. The Morgan fingerprint density at radius 3 is 3.00 bits per heavy atom. The predicted octanol–water partition coefficient (Wildman–Crippen LogP) is 3.17. The van der Waals surface area contributed by atoms with Crippen molar-refractivity contribution in [2.24, 2.45) is 0 Å². The molecule has 1 aliphatic rings. The number of benzene rings is 1. The van der Waals surface area contributed by atoms with Gasteiger partial charge in [0.25, 0.3) is 5.91 Å². The van der Waals surface area contributed by atoms with Gasteiger partial charge in [0.1, 0.15) is 5.82 Å². The molecule has 0 saturated carbocycles. The summed E-state index contributed by atoms with van der Waals surface area (Å²) >= 11 is 5.09. The number of hydrogen-bond donors (Lipinski definition) is 0. The molecular formula is C12H13BrFNOS. The van der Waals surface area contributed by atoms with Crippen LogP contribution >= 0.6 is 27.7 Å². The number of nitrogens with zero attached hydrogens (tertiary/aromatic N) is 1. The summed E-state index contributed by atoms with van der Waals surface area (Å²) in [6, 6.07) is 4.67. The first-order valence-electron chi connectivity index (χ1n) is 5.39. The Hall–Kier alpha value is -0.550. The molecule has 0 N–H and O–H groups in total. The molecule has 1 unspecified atom stereocenters. The van der Waals surface area contributed by atoms with Crippen molar-refractivity contribution in [3.63, 3.8) is 0 Å². The molecule has 5 heteroatoms. The predicted molar refractivity (Wildman–Crippen MR) is 71.9 cm³/mol. The minimum atomic E-state index is -0.462. The van der Waals surface area contributed by atoms with Crippen LogP contribution in [0.3, 0.4) is 0 Å². The molecule has 2 nitrogen and oxygen atoms in total. The number of rotatable bonds is 2. The molecule has 1 aromatic rings. The highest BCUT2D eigenvalue weighted by Gasteiger charge is 2.26. The average molecular weight is 318 g/mol. The third kappa shape index (κ3) is 2.83. The summed E-state index contributed by atoms with van der Waals surface area (Å²) in [6.07, 6.45) is 0.989. The number of carbonyl (C=O) groups excluding carboxylic acids is 1. The summed E-state index contributed by atoms with van der Waals surface area (Å²) in [5.74, 6) is 1.31. The van der Waals surface area contributed by atoms with Gasteiger partial charge in [-0.3, -0.25) is 4.79 Å². The van der Waals surface area contributed by atoms with E-state index >= 15 is 0 Å². The first-order chi connectivity index (χ1) is 8.09. The first kappa shape index (κ1) is 12.9. The Labute approximate surface area is 113 Å². The lowest BCUT2D eigenvalue weighted by atomic mass is 10.1. The molecule has 1 heterocycles. The fourth-order valence-corrected chi connectivity index (χ4v) is 3.47. The highest BCUT2D eigenvalue weighted by molar-refractivity contribution is 9.10. The van der Waals surface area contributed by atoms with Gasteiger partial charge >= 0.3 is 0 Å². The van der Waals surface area contributed by atoms with Crippen molar-refractivity contribution in [1.82, 2.24) is 4.90 Å². The van der Waals surface area contributed by atoms with Crippen LogP contribution in [0.4, 0.5) is 4.39 Å². The van der Waals surface area contributed by atoms with Gasteiger partial charge in [-0.1, -0.05) is 15.9 Å². The van der Waals surface area contributed by atoms with Crippen molar-refractivity contribution in [1.29, 1.82) is 0 Å². The lowest BCUT2D eigenvalue weighted by Gasteiger charge is -2.24. The topological polar surface area (TPSA) is 20.3 Å². The van der Waals surface area contributed by atoms with Crippen molar-refractivity contribution < 1.29 is 9.18 Å². The van der Waals surface area contributed by atoms with Gasteiger partial charge in [0, 0.05) is 23.3 Å². The lowest BCUT2D eigenvalue weighted by molar-refractivity contribution is 0.0743. The summed E-state index contributed by atoms with van der Waals surface area (Å²) < 4.78 is 14.3. The number of halogens is 2. The van der Waals surface area contributed by atoms with Gasteiger partial charge in [-0.2, -0.15) is 11.8 Å². The monoisotopic (exact) mass is 317 g/mol. The van der Waals surface area contributed by atoms with Gasteiger partial charge in [-0.15, -0.1) is 0 Å². The average Bonchev–Trinajstić information content (AvgIpc) is 2.84. The van der Waals surface area contributed by atoms with Crippen molar-refractivity contribution in [3.05, 3.63) is 34.1 Å². The minimum Gasteiger partial charge on any atom is -0.338 e. The lowest BCUT2D eigenvalue weighted by Crippen LogP contribution is -2.37. The molecule has 92 valence electrons. The van der Waals surface area contributed by atoms with Crippen LogP contribution in [0, 0.1) is 5.82 Å². The Balaban J connectivity index is 2.20. The van der Waals surface area contributed by atoms with E-state index in [2.05, 4.69) is 15.9 Å². The van der Waals surface area contributed by atoms with Crippen LogP contribution in [0.5, 0.6) is 0 Å². The standard InChI is InChI=1S/C12H13BrFNOS/c1-15(9-4-5-17-7-9)12(16)10-6-8(13)2-3-11(10)14/h2-3,6,9H,4-5,7H2,1H3. The van der Waals surface area contributed by atoms with E-state index in [4.69, 9.17) is 0 Å². The van der Waals surface area contributed by atoms with E-state index < -0.39 is 5.82 Å². The Bertz CT molecular complexity index is 435. The van der Waals surface area contributed by atoms with Crippen LogP contribution in [-0.4, -0.2) is 35.4 Å². The molecular weight excluding hydrogens is 305 g/mol. The SMILES string of the molecule is CN(C(=O)c1cc(Br)ccc1F)C1CCSC1. The summed E-state index contributed by atoms with van der Waals surface area (Å²) in [5.41, 5.74) is 0.138. The molecule has 0 aromatic heterocycles. The molecule has 0 radical (unpaired) electrons. The van der Waals surface area contributed by atoms with E-state index in [1.807, 2.05) is 11.8 Å². The molecule has 1 amide bonds. The van der Waals surface area contributed by atoms with E-state index in [-0.39, 0.29) is 17.5 Å². The third-order valence-corrected chi connectivity index (χ3v) is 4.57. The maximum atomic E-state index is 13.6. The highest BCUT2D eigenvalue weighted by atomic mass is 79.9. The fourth-order valence-electron chi connectivity index (χ4n) is 1.84. The van der Waals surface area contributed by atoms with E-state index in [1.165, 1.54) is 12.1 Å². The Morgan fingerprint density at radius 2 is 2.35 bits per heavy atom. The second kappa shape index (κ2) is 5.40. The number of thioether (sulfide) groups is 1. The van der Waals surface area contributed by atoms with Crippen molar-refractivity contribution in [2.75, 3.05) is 18.6 Å². The maximum absolute atomic E-state index is 13.6. The zero-order valence-corrected chi connectivity index (χ0v) is 11.9. The molecule has 0 bridgehead atoms. The van der Waals surface area contributed by atoms with E-state index in [0.717, 1.165) is 22.4 Å². The summed E-state index contributed by atoms with van der Waals surface area (Å²) in [6.45, 7) is 0. The molecule has 0 aliphatic carbocycles. The van der Waals surface area contributed by atoms with Crippen molar-refractivity contribution >= 4 is 33.6 Å². The van der Waals surface area contributed by atoms with Crippen LogP contribution in [0.1, 0.15) is 16.8 Å². The smallest absolute Gasteiger partial charge is 0.256 e. The first-order valence-corrected chi connectivity index (χ1v) is 7.34. The quantitative estimate of drug-likeness (QED) is 0.835. The fraction of sp³-hybridized carbons (Fsp3) is 0.417. The summed E-state index contributed by atoms with van der Waals surface area (Å²) in [4.78, 5) is 13.8. The van der Waals surface area contributed by atoms with E-state index in [1.54, 1.807) is 18.0 Å². The molecule has 0 spiro atoms. The van der Waals surface area contributed by atoms with Crippen molar-refractivity contribution in [3.8, 4) is 0 Å². The van der Waals surface area contributed by atoms with Gasteiger partial charge in [0.05, 0.1) is 5.56 Å². The Kier molecular flexibility index (Phi) is 4.09. The minimum absolute atomic E-state index is 0.138. The van der Waals surface area contributed by atoms with Crippen LogP contribution in [0.2, 0.25) is 0 Å². The molecule has 1 atom stereocenters. The van der Waals surface area contributed by atoms with Gasteiger partial charge in [0.15, 0.2) is 0 Å². The molecule has 1 aromatic carbocycles. The molecule has 2 rings (SSSR count). The summed E-state index contributed by atoms with van der Waals surface area (Å²) in [5, 5.41) is 0. The number of hydrogen-bond acceptors (Lipinski definition) is 2. The third-order valence-electron chi connectivity index (χ3n) is 2.93. The highest BCUT2D eigenvalue weighted by Crippen LogP contribution is 2.24. The zero-order chi connectivity index (χ0) is 12.4. The molecule has 1 fully saturated rings. The van der Waals surface area contributed by atoms with Crippen molar-refractivity contribution in [2.45, 2.75) is 12.5 Å². The molecule has 1 aliphatic heterocycles. The summed E-state index contributed by atoms with van der Waals surface area (Å²) in [7, 11) is 1.75. The normalized spacial score (nSPS) is 19.4. The second-order valence-corrected chi connectivity index (χ2v) is 6.12. The van der Waals surface area contributed by atoms with Gasteiger partial charge in [-0.05, 0) is 30.4 Å². The zero-order valence-electron chi connectivity index (χ0n) is 9.45. The maximum Gasteiger partial charge on any atom is 0.256 e. The second-order valence-electron chi connectivity index (χ2n) is 4.06. The van der Waals surface area contributed by atoms with E-state index in [0.29, 0.717) is 0 Å². The van der Waals surface area contributed by atoms with Gasteiger partial charge < -0.3 is 4.90 Å². The van der Waals surface area contributed by atoms with Crippen LogP contribution in [0.15, 0.2) is 22.7 Å². The van der Waals surface area contributed by atoms with Crippen LogP contribution in [0.25, 0.3) is 0 Å². The van der Waals surface area contributed by atoms with E-state index in [9.17, 15) is 9.18 Å². The number of amides is 1. The Morgan fingerprint density at radius 1 is 1.59 bits per heavy atom. The molecule has 1 saturated heterocycles. The largest absolute Gasteiger partial charge is 0.338 e. The van der Waals surface area contributed by atoms with Gasteiger partial charge in [-0.25, -0.2) is 4.39 Å². The van der Waals surface area contributed by atoms with Crippen LogP contribution < -0.4 is 0 Å². The van der Waals surface area contributed by atoms with Crippen LogP contribution in [-0.2, 0) is 0 Å². The van der Waals surface area contributed by atoms with Gasteiger partial charge in [0.2, 0.25) is 0 Å².